The summed E-state index contributed by atoms with van der Waals surface area (Å²) in [5.41, 5.74) is 2.77. The second-order valence-corrected chi connectivity index (χ2v) is 7.22. The van der Waals surface area contributed by atoms with Gasteiger partial charge in [-0.1, -0.05) is 12.1 Å². The van der Waals surface area contributed by atoms with Crippen LogP contribution in [-0.4, -0.2) is 47.0 Å². The summed E-state index contributed by atoms with van der Waals surface area (Å²) in [7, 11) is 0. The molecule has 6 nitrogen and oxygen atoms in total. The van der Waals surface area contributed by atoms with E-state index in [1.54, 1.807) is 29.2 Å². The van der Waals surface area contributed by atoms with Gasteiger partial charge in [0, 0.05) is 43.9 Å². The molecule has 1 aliphatic heterocycles. The van der Waals surface area contributed by atoms with Crippen LogP contribution in [0.1, 0.15) is 33.2 Å². The van der Waals surface area contributed by atoms with Gasteiger partial charge in [0.1, 0.15) is 17.5 Å². The van der Waals surface area contributed by atoms with E-state index in [-0.39, 0.29) is 11.7 Å². The predicted octanol–water partition coefficient (Wildman–Crippen LogP) is 3.38. The quantitative estimate of drug-likeness (QED) is 0.679. The van der Waals surface area contributed by atoms with Gasteiger partial charge in [0.05, 0.1) is 6.26 Å². The number of benzene rings is 1. The summed E-state index contributed by atoms with van der Waals surface area (Å²) in [5, 5.41) is 0. The van der Waals surface area contributed by atoms with Crippen molar-refractivity contribution in [2.45, 2.75) is 20.3 Å². The third-order valence-corrected chi connectivity index (χ3v) is 5.17. The number of carbonyl (C=O) groups is 1. The fourth-order valence-electron chi connectivity index (χ4n) is 3.71. The number of aromatic nitrogens is 2. The van der Waals surface area contributed by atoms with Gasteiger partial charge in [0.25, 0.3) is 5.91 Å². The van der Waals surface area contributed by atoms with Gasteiger partial charge in [0.15, 0.2) is 5.76 Å². The Morgan fingerprint density at radius 3 is 2.59 bits per heavy atom. The highest BCUT2D eigenvalue weighted by molar-refractivity contribution is 5.91. The Bertz CT molecular complexity index is 1010. The van der Waals surface area contributed by atoms with Crippen LogP contribution in [-0.2, 0) is 6.42 Å². The minimum Gasteiger partial charge on any atom is -0.459 e. The van der Waals surface area contributed by atoms with Crippen molar-refractivity contribution in [1.82, 2.24) is 14.9 Å². The number of piperazine rings is 1. The van der Waals surface area contributed by atoms with Crippen LogP contribution >= 0.6 is 0 Å². The van der Waals surface area contributed by atoms with Gasteiger partial charge >= 0.3 is 0 Å². The average molecular weight is 394 g/mol. The Hall–Kier alpha value is -3.22. The Labute approximate surface area is 169 Å². The van der Waals surface area contributed by atoms with Crippen LogP contribution in [0.4, 0.5) is 10.2 Å². The average Bonchev–Trinajstić information content (AvgIpc) is 3.24. The minimum absolute atomic E-state index is 0.0929. The molecule has 1 amide bonds. The molecule has 2 aromatic heterocycles. The lowest BCUT2D eigenvalue weighted by Gasteiger charge is -2.36. The summed E-state index contributed by atoms with van der Waals surface area (Å²) in [6.45, 7) is 6.34. The fourth-order valence-corrected chi connectivity index (χ4v) is 3.71. The number of rotatable bonds is 4. The van der Waals surface area contributed by atoms with Crippen molar-refractivity contribution < 1.29 is 13.6 Å². The standard InChI is InChI=1S/C22H23FN4O2/c1-15-19(14-17-5-3-6-18(23)13-17)21(25-16(2)24-15)26-8-10-27(11-9-26)22(28)20-7-4-12-29-20/h3-7,12-13H,8-11,14H2,1-2H3. The summed E-state index contributed by atoms with van der Waals surface area (Å²) in [6, 6.07) is 10.0. The molecule has 150 valence electrons. The molecule has 1 fully saturated rings. The fraction of sp³-hybridized carbons (Fsp3) is 0.318. The zero-order valence-corrected chi connectivity index (χ0v) is 16.6. The van der Waals surface area contributed by atoms with E-state index >= 15 is 0 Å². The van der Waals surface area contributed by atoms with Crippen molar-refractivity contribution in [3.05, 3.63) is 76.9 Å². The van der Waals surface area contributed by atoms with Gasteiger partial charge in [-0.25, -0.2) is 14.4 Å². The van der Waals surface area contributed by atoms with Gasteiger partial charge in [-0.05, 0) is 43.7 Å². The number of amides is 1. The highest BCUT2D eigenvalue weighted by Gasteiger charge is 2.26. The van der Waals surface area contributed by atoms with Crippen molar-refractivity contribution in [2.75, 3.05) is 31.1 Å². The van der Waals surface area contributed by atoms with E-state index in [0.29, 0.717) is 44.2 Å². The molecular formula is C22H23FN4O2. The first-order chi connectivity index (χ1) is 14.0. The smallest absolute Gasteiger partial charge is 0.289 e. The molecule has 1 aliphatic rings. The van der Waals surface area contributed by atoms with Crippen molar-refractivity contribution in [1.29, 1.82) is 0 Å². The lowest BCUT2D eigenvalue weighted by atomic mass is 10.0. The molecule has 0 N–H and O–H groups in total. The summed E-state index contributed by atoms with van der Waals surface area (Å²) in [5.74, 6) is 1.59. The molecule has 0 saturated carbocycles. The highest BCUT2D eigenvalue weighted by Crippen LogP contribution is 2.25. The number of aryl methyl sites for hydroxylation is 2. The van der Waals surface area contributed by atoms with Crippen LogP contribution in [0.15, 0.2) is 47.1 Å². The molecule has 29 heavy (non-hydrogen) atoms. The van der Waals surface area contributed by atoms with E-state index in [9.17, 15) is 9.18 Å². The first kappa shape index (κ1) is 19.1. The number of hydrogen-bond acceptors (Lipinski definition) is 5. The molecular weight excluding hydrogens is 371 g/mol. The molecule has 0 radical (unpaired) electrons. The van der Waals surface area contributed by atoms with Crippen LogP contribution in [0.3, 0.4) is 0 Å². The normalized spacial score (nSPS) is 14.3. The minimum atomic E-state index is -0.250. The van der Waals surface area contributed by atoms with Crippen molar-refractivity contribution >= 4 is 11.7 Å². The Kier molecular flexibility index (Phi) is 5.29. The third-order valence-electron chi connectivity index (χ3n) is 5.17. The van der Waals surface area contributed by atoms with E-state index in [2.05, 4.69) is 9.88 Å². The molecule has 0 aliphatic carbocycles. The summed E-state index contributed by atoms with van der Waals surface area (Å²) >= 11 is 0. The maximum Gasteiger partial charge on any atom is 0.289 e. The molecule has 4 rings (SSSR count). The van der Waals surface area contributed by atoms with Gasteiger partial charge < -0.3 is 14.2 Å². The van der Waals surface area contributed by atoms with Crippen LogP contribution in [0, 0.1) is 19.7 Å². The molecule has 7 heteroatoms. The van der Waals surface area contributed by atoms with Gasteiger partial charge in [-0.3, -0.25) is 4.79 Å². The summed E-state index contributed by atoms with van der Waals surface area (Å²) in [4.78, 5) is 25.7. The zero-order valence-electron chi connectivity index (χ0n) is 16.6. The highest BCUT2D eigenvalue weighted by atomic mass is 19.1. The van der Waals surface area contributed by atoms with Crippen LogP contribution in [0.25, 0.3) is 0 Å². The second-order valence-electron chi connectivity index (χ2n) is 7.22. The number of hydrogen-bond donors (Lipinski definition) is 0. The Morgan fingerprint density at radius 1 is 1.10 bits per heavy atom. The van der Waals surface area contributed by atoms with E-state index in [1.807, 2.05) is 19.9 Å². The van der Waals surface area contributed by atoms with Gasteiger partial charge in [-0.15, -0.1) is 0 Å². The SMILES string of the molecule is Cc1nc(C)c(Cc2cccc(F)c2)c(N2CCN(C(=O)c3ccco3)CC2)n1. The molecule has 3 heterocycles. The Balaban J connectivity index is 1.55. The lowest BCUT2D eigenvalue weighted by Crippen LogP contribution is -2.49. The van der Waals surface area contributed by atoms with Crippen LogP contribution in [0.5, 0.6) is 0 Å². The van der Waals surface area contributed by atoms with E-state index in [0.717, 1.165) is 22.6 Å². The second kappa shape index (κ2) is 8.03. The summed E-state index contributed by atoms with van der Waals surface area (Å²) < 4.78 is 18.9. The van der Waals surface area contributed by atoms with E-state index in [4.69, 9.17) is 9.40 Å². The maximum atomic E-state index is 13.6. The Morgan fingerprint density at radius 2 is 1.90 bits per heavy atom. The molecule has 1 saturated heterocycles. The summed E-state index contributed by atoms with van der Waals surface area (Å²) in [6.07, 6.45) is 2.07. The van der Waals surface area contributed by atoms with Crippen molar-refractivity contribution in [2.24, 2.45) is 0 Å². The number of carbonyl (C=O) groups excluding carboxylic acids is 1. The largest absolute Gasteiger partial charge is 0.459 e. The molecule has 3 aromatic rings. The van der Waals surface area contributed by atoms with Gasteiger partial charge in [0.2, 0.25) is 0 Å². The lowest BCUT2D eigenvalue weighted by molar-refractivity contribution is 0.0714. The van der Waals surface area contributed by atoms with Crippen molar-refractivity contribution in [3.63, 3.8) is 0 Å². The van der Waals surface area contributed by atoms with Gasteiger partial charge in [-0.2, -0.15) is 0 Å². The maximum absolute atomic E-state index is 13.6. The van der Waals surface area contributed by atoms with Crippen molar-refractivity contribution in [3.8, 4) is 0 Å². The number of anilines is 1. The number of halogens is 1. The molecule has 0 spiro atoms. The molecule has 0 atom stereocenters. The van der Waals surface area contributed by atoms with E-state index in [1.165, 1.54) is 12.3 Å². The first-order valence-corrected chi connectivity index (χ1v) is 9.67. The topological polar surface area (TPSA) is 62.5 Å². The predicted molar refractivity (Wildman–Crippen MR) is 108 cm³/mol. The monoisotopic (exact) mass is 394 g/mol. The van der Waals surface area contributed by atoms with E-state index < -0.39 is 0 Å². The molecule has 0 bridgehead atoms. The van der Waals surface area contributed by atoms with Crippen LogP contribution in [0.2, 0.25) is 0 Å². The number of nitrogens with zero attached hydrogens (tertiary/aromatic N) is 4. The zero-order chi connectivity index (χ0) is 20.4. The van der Waals surface area contributed by atoms with Crippen LogP contribution < -0.4 is 4.90 Å². The molecule has 1 aromatic carbocycles. The third kappa shape index (κ3) is 4.13. The number of furan rings is 1. The molecule has 0 unspecified atom stereocenters. The first-order valence-electron chi connectivity index (χ1n) is 9.67.